The summed E-state index contributed by atoms with van der Waals surface area (Å²) in [5, 5.41) is 9.33. The van der Waals surface area contributed by atoms with E-state index < -0.39 is 5.97 Å². The van der Waals surface area contributed by atoms with Gasteiger partial charge in [-0.3, -0.25) is 9.69 Å². The van der Waals surface area contributed by atoms with Crippen LogP contribution < -0.4 is 0 Å². The van der Waals surface area contributed by atoms with E-state index in [-0.39, 0.29) is 6.04 Å². The molecule has 1 N–H and O–H groups in total. The summed E-state index contributed by atoms with van der Waals surface area (Å²) >= 11 is 1.96. The number of hydrogen-bond acceptors (Lipinski definition) is 3. The van der Waals surface area contributed by atoms with Crippen LogP contribution in [0.2, 0.25) is 0 Å². The minimum atomic E-state index is -0.650. The third-order valence-electron chi connectivity index (χ3n) is 3.43. The molecule has 1 rings (SSSR count). The molecule has 0 aliphatic carbocycles. The number of rotatable bonds is 5. The summed E-state index contributed by atoms with van der Waals surface area (Å²) in [5.41, 5.74) is 0. The van der Waals surface area contributed by atoms with Crippen molar-refractivity contribution in [3.63, 3.8) is 0 Å². The van der Waals surface area contributed by atoms with E-state index >= 15 is 0 Å². The fourth-order valence-corrected chi connectivity index (χ4v) is 3.32. The van der Waals surface area contributed by atoms with Crippen molar-refractivity contribution in [2.24, 2.45) is 0 Å². The van der Waals surface area contributed by atoms with Crippen LogP contribution in [0.15, 0.2) is 0 Å². The number of unbranched alkanes of at least 4 members (excludes halogenated alkanes) is 1. The first kappa shape index (κ1) is 14.8. The maximum atomic E-state index is 11.3. The van der Waals surface area contributed by atoms with E-state index in [9.17, 15) is 9.90 Å². The Morgan fingerprint density at radius 1 is 1.47 bits per heavy atom. The highest BCUT2D eigenvalue weighted by Crippen LogP contribution is 2.31. The standard InChI is InChI=1S/C13H25NO2S/c1-4-5-6-11(12(15)16)14-8-7-13(2,3)17-10-9-14/h11H,4-10H2,1-3H3,(H,15,16). The van der Waals surface area contributed by atoms with Crippen molar-refractivity contribution in [1.29, 1.82) is 0 Å². The number of thioether (sulfide) groups is 1. The molecule has 1 aliphatic rings. The first-order valence-corrected chi connectivity index (χ1v) is 7.55. The molecule has 1 saturated heterocycles. The number of carboxylic acid groups (broad SMARTS) is 1. The quantitative estimate of drug-likeness (QED) is 0.824. The molecule has 4 heteroatoms. The molecule has 0 aromatic carbocycles. The molecule has 0 radical (unpaired) electrons. The van der Waals surface area contributed by atoms with E-state index in [4.69, 9.17) is 0 Å². The maximum absolute atomic E-state index is 11.3. The largest absolute Gasteiger partial charge is 0.480 e. The molecule has 0 saturated carbocycles. The highest BCUT2D eigenvalue weighted by molar-refractivity contribution is 8.00. The van der Waals surface area contributed by atoms with E-state index in [0.717, 1.165) is 44.5 Å². The monoisotopic (exact) mass is 259 g/mol. The number of carboxylic acids is 1. The van der Waals surface area contributed by atoms with E-state index in [1.165, 1.54) is 0 Å². The van der Waals surface area contributed by atoms with Crippen molar-refractivity contribution >= 4 is 17.7 Å². The van der Waals surface area contributed by atoms with Gasteiger partial charge in [0.1, 0.15) is 6.04 Å². The third kappa shape index (κ3) is 4.88. The second kappa shape index (κ2) is 6.64. The van der Waals surface area contributed by atoms with Crippen LogP contribution in [-0.4, -0.2) is 45.6 Å². The number of nitrogens with zero attached hydrogens (tertiary/aromatic N) is 1. The Balaban J connectivity index is 2.58. The zero-order chi connectivity index (χ0) is 12.9. The Labute approximate surface area is 109 Å². The molecule has 0 aromatic heterocycles. The van der Waals surface area contributed by atoms with Crippen molar-refractivity contribution in [3.05, 3.63) is 0 Å². The SMILES string of the molecule is CCCCC(C(=O)O)N1CCSC(C)(C)CC1. The van der Waals surface area contributed by atoms with Gasteiger partial charge in [-0.25, -0.2) is 0 Å². The summed E-state index contributed by atoms with van der Waals surface area (Å²) in [6.07, 6.45) is 3.94. The predicted octanol–water partition coefficient (Wildman–Crippen LogP) is 2.85. The summed E-state index contributed by atoms with van der Waals surface area (Å²) < 4.78 is 0.294. The van der Waals surface area contributed by atoms with Crippen molar-refractivity contribution in [3.8, 4) is 0 Å². The first-order valence-electron chi connectivity index (χ1n) is 6.57. The normalized spacial score (nSPS) is 23.0. The fourth-order valence-electron chi connectivity index (χ4n) is 2.21. The van der Waals surface area contributed by atoms with E-state index in [2.05, 4.69) is 25.7 Å². The van der Waals surface area contributed by atoms with Gasteiger partial charge < -0.3 is 5.11 Å². The molecule has 100 valence electrons. The molecule has 17 heavy (non-hydrogen) atoms. The van der Waals surface area contributed by atoms with Crippen molar-refractivity contribution in [1.82, 2.24) is 4.90 Å². The van der Waals surface area contributed by atoms with Crippen molar-refractivity contribution in [2.45, 2.75) is 57.2 Å². The number of aliphatic carboxylic acids is 1. The Kier molecular flexibility index (Phi) is 5.80. The Morgan fingerprint density at radius 3 is 2.76 bits per heavy atom. The van der Waals surface area contributed by atoms with Crippen LogP contribution in [0.5, 0.6) is 0 Å². The molecule has 0 amide bonds. The van der Waals surface area contributed by atoms with Crippen LogP contribution in [0, 0.1) is 0 Å². The van der Waals surface area contributed by atoms with Gasteiger partial charge in [0.25, 0.3) is 0 Å². The molecule has 1 unspecified atom stereocenters. The molecule has 1 atom stereocenters. The Hall–Kier alpha value is -0.220. The van der Waals surface area contributed by atoms with Crippen molar-refractivity contribution < 1.29 is 9.90 Å². The van der Waals surface area contributed by atoms with Crippen LogP contribution in [0.25, 0.3) is 0 Å². The second-order valence-corrected chi connectivity index (χ2v) is 7.19. The van der Waals surface area contributed by atoms with Gasteiger partial charge in [-0.05, 0) is 12.8 Å². The smallest absolute Gasteiger partial charge is 0.320 e. The minimum Gasteiger partial charge on any atom is -0.480 e. The summed E-state index contributed by atoms with van der Waals surface area (Å²) in [4.78, 5) is 13.5. The summed E-state index contributed by atoms with van der Waals surface area (Å²) in [5.74, 6) is 0.395. The lowest BCUT2D eigenvalue weighted by Gasteiger charge is -2.27. The van der Waals surface area contributed by atoms with Crippen LogP contribution in [-0.2, 0) is 4.79 Å². The van der Waals surface area contributed by atoms with E-state index in [0.29, 0.717) is 4.75 Å². The number of hydrogen-bond donors (Lipinski definition) is 1. The van der Waals surface area contributed by atoms with Gasteiger partial charge in [-0.1, -0.05) is 33.6 Å². The highest BCUT2D eigenvalue weighted by Gasteiger charge is 2.30. The second-order valence-electron chi connectivity index (χ2n) is 5.39. The van der Waals surface area contributed by atoms with Crippen LogP contribution >= 0.6 is 11.8 Å². The van der Waals surface area contributed by atoms with Crippen LogP contribution in [0.3, 0.4) is 0 Å². The molecule has 0 spiro atoms. The van der Waals surface area contributed by atoms with Crippen LogP contribution in [0.4, 0.5) is 0 Å². The fraction of sp³-hybridized carbons (Fsp3) is 0.923. The zero-order valence-electron chi connectivity index (χ0n) is 11.2. The number of carbonyl (C=O) groups is 1. The van der Waals surface area contributed by atoms with Gasteiger partial charge in [0, 0.05) is 23.6 Å². The predicted molar refractivity (Wildman–Crippen MR) is 73.7 cm³/mol. The Bertz CT molecular complexity index is 256. The molecular formula is C13H25NO2S. The summed E-state index contributed by atoms with van der Waals surface area (Å²) in [6, 6.07) is -0.274. The summed E-state index contributed by atoms with van der Waals surface area (Å²) in [6.45, 7) is 8.45. The highest BCUT2D eigenvalue weighted by atomic mass is 32.2. The van der Waals surface area contributed by atoms with Crippen molar-refractivity contribution in [2.75, 3.05) is 18.8 Å². The van der Waals surface area contributed by atoms with Gasteiger partial charge in [-0.2, -0.15) is 11.8 Å². The maximum Gasteiger partial charge on any atom is 0.320 e. The molecule has 0 aromatic rings. The Morgan fingerprint density at radius 2 is 2.18 bits per heavy atom. The average molecular weight is 259 g/mol. The minimum absolute atomic E-state index is 0.274. The lowest BCUT2D eigenvalue weighted by Crippen LogP contribution is -2.42. The van der Waals surface area contributed by atoms with Gasteiger partial charge >= 0.3 is 5.97 Å². The van der Waals surface area contributed by atoms with E-state index in [1.807, 2.05) is 11.8 Å². The zero-order valence-corrected chi connectivity index (χ0v) is 12.1. The molecule has 0 bridgehead atoms. The first-order chi connectivity index (χ1) is 7.96. The third-order valence-corrected chi connectivity index (χ3v) is 4.80. The molecule has 1 fully saturated rings. The van der Waals surface area contributed by atoms with Gasteiger partial charge in [0.2, 0.25) is 0 Å². The topological polar surface area (TPSA) is 40.5 Å². The molecule has 3 nitrogen and oxygen atoms in total. The molecule has 1 aliphatic heterocycles. The lowest BCUT2D eigenvalue weighted by atomic mass is 10.1. The van der Waals surface area contributed by atoms with Gasteiger partial charge in [0.05, 0.1) is 0 Å². The lowest BCUT2D eigenvalue weighted by molar-refractivity contribution is -0.143. The van der Waals surface area contributed by atoms with Crippen LogP contribution in [0.1, 0.15) is 46.5 Å². The van der Waals surface area contributed by atoms with Gasteiger partial charge in [-0.15, -0.1) is 0 Å². The van der Waals surface area contributed by atoms with Gasteiger partial charge in [0.15, 0.2) is 0 Å². The molecular weight excluding hydrogens is 234 g/mol. The molecule has 1 heterocycles. The summed E-state index contributed by atoms with van der Waals surface area (Å²) in [7, 11) is 0. The van der Waals surface area contributed by atoms with E-state index in [1.54, 1.807) is 0 Å². The average Bonchev–Trinajstić information content (AvgIpc) is 2.40.